The van der Waals surface area contributed by atoms with Crippen LogP contribution in [0.3, 0.4) is 0 Å². The van der Waals surface area contributed by atoms with Gasteiger partial charge in [-0.05, 0) is 24.7 Å². The van der Waals surface area contributed by atoms with E-state index < -0.39 is 0 Å². The topological polar surface area (TPSA) is 76.7 Å². The molecule has 2 aliphatic carbocycles. The third-order valence-electron chi connectivity index (χ3n) is 3.97. The number of aromatic nitrogens is 4. The number of rotatable bonds is 3. The molecule has 92 valence electrons. The Morgan fingerprint density at radius 3 is 3.00 bits per heavy atom. The number of anilines is 1. The highest BCUT2D eigenvalue weighted by atomic mass is 16.5. The third-order valence-corrected chi connectivity index (χ3v) is 3.97. The van der Waals surface area contributed by atoms with Crippen LogP contribution in [0.2, 0.25) is 0 Å². The zero-order chi connectivity index (χ0) is 12.2. The van der Waals surface area contributed by atoms with Gasteiger partial charge in [0.25, 0.3) is 0 Å². The second-order valence-corrected chi connectivity index (χ2v) is 5.11. The van der Waals surface area contributed by atoms with Crippen LogP contribution in [-0.4, -0.2) is 27.2 Å². The molecule has 2 aromatic heterocycles. The van der Waals surface area contributed by atoms with Gasteiger partial charge >= 0.3 is 0 Å². The van der Waals surface area contributed by atoms with Gasteiger partial charge in [0.05, 0.1) is 0 Å². The standard InChI is InChI=1S/C12H13N5O/c1-13-9-4-8(14-6-15-9)10-16-11(18-17-10)7-5-12(7)2-3-12/h4,6-7H,2-3,5H2,1H3,(H,13,14,15). The van der Waals surface area contributed by atoms with Gasteiger partial charge in [0.15, 0.2) is 0 Å². The van der Waals surface area contributed by atoms with Gasteiger partial charge in [0.1, 0.15) is 17.8 Å². The molecule has 2 saturated carbocycles. The van der Waals surface area contributed by atoms with E-state index in [1.165, 1.54) is 25.6 Å². The lowest BCUT2D eigenvalue weighted by atomic mass is 10.3. The number of nitrogens with zero attached hydrogens (tertiary/aromatic N) is 4. The quantitative estimate of drug-likeness (QED) is 0.886. The second kappa shape index (κ2) is 3.28. The van der Waals surface area contributed by atoms with Crippen LogP contribution in [0.1, 0.15) is 31.1 Å². The fourth-order valence-corrected chi connectivity index (χ4v) is 2.51. The molecule has 2 heterocycles. The van der Waals surface area contributed by atoms with E-state index in [-0.39, 0.29) is 0 Å². The number of nitrogens with one attached hydrogen (secondary N) is 1. The molecule has 0 radical (unpaired) electrons. The summed E-state index contributed by atoms with van der Waals surface area (Å²) in [4.78, 5) is 12.7. The first-order valence-electron chi connectivity index (χ1n) is 6.14. The van der Waals surface area contributed by atoms with E-state index in [1.807, 2.05) is 13.1 Å². The van der Waals surface area contributed by atoms with Gasteiger partial charge in [-0.2, -0.15) is 4.98 Å². The molecule has 4 rings (SSSR count). The average molecular weight is 243 g/mol. The predicted molar refractivity (Wildman–Crippen MR) is 63.9 cm³/mol. The zero-order valence-corrected chi connectivity index (χ0v) is 10.1. The SMILES string of the molecule is CNc1cc(-c2noc(C3CC34CC4)n2)ncn1. The highest BCUT2D eigenvalue weighted by Crippen LogP contribution is 2.74. The molecule has 6 heteroatoms. The minimum absolute atomic E-state index is 0.490. The first-order chi connectivity index (χ1) is 8.81. The Labute approximate surface area is 104 Å². The molecule has 0 bridgehead atoms. The Bertz CT molecular complexity index is 604. The molecular formula is C12H13N5O. The van der Waals surface area contributed by atoms with Crippen molar-refractivity contribution in [2.45, 2.75) is 25.2 Å². The maximum atomic E-state index is 5.35. The van der Waals surface area contributed by atoms with Gasteiger partial charge in [-0.1, -0.05) is 5.16 Å². The van der Waals surface area contributed by atoms with Gasteiger partial charge in [-0.25, -0.2) is 9.97 Å². The Balaban J connectivity index is 1.64. The summed E-state index contributed by atoms with van der Waals surface area (Å²) >= 11 is 0. The van der Waals surface area contributed by atoms with E-state index >= 15 is 0 Å². The molecule has 2 fully saturated rings. The fraction of sp³-hybridized carbons (Fsp3) is 0.500. The minimum Gasteiger partial charge on any atom is -0.373 e. The second-order valence-electron chi connectivity index (χ2n) is 5.11. The maximum Gasteiger partial charge on any atom is 0.230 e. The molecule has 0 saturated heterocycles. The summed E-state index contributed by atoms with van der Waals surface area (Å²) in [6.45, 7) is 0. The summed E-state index contributed by atoms with van der Waals surface area (Å²) in [5.41, 5.74) is 1.22. The van der Waals surface area contributed by atoms with Crippen molar-refractivity contribution in [3.63, 3.8) is 0 Å². The Morgan fingerprint density at radius 1 is 1.39 bits per heavy atom. The summed E-state index contributed by atoms with van der Waals surface area (Å²) < 4.78 is 5.35. The molecule has 0 amide bonds. The van der Waals surface area contributed by atoms with Crippen molar-refractivity contribution in [1.29, 1.82) is 0 Å². The lowest BCUT2D eigenvalue weighted by Crippen LogP contribution is -1.95. The highest BCUT2D eigenvalue weighted by molar-refractivity contribution is 5.53. The van der Waals surface area contributed by atoms with Crippen molar-refractivity contribution < 1.29 is 4.52 Å². The Kier molecular flexibility index (Phi) is 1.82. The van der Waals surface area contributed by atoms with Gasteiger partial charge < -0.3 is 9.84 Å². The molecule has 0 aliphatic heterocycles. The maximum absolute atomic E-state index is 5.35. The molecule has 1 unspecified atom stereocenters. The van der Waals surface area contributed by atoms with Crippen LogP contribution in [-0.2, 0) is 0 Å². The average Bonchev–Trinajstić information content (AvgIpc) is 3.30. The van der Waals surface area contributed by atoms with Crippen molar-refractivity contribution in [2.75, 3.05) is 12.4 Å². The van der Waals surface area contributed by atoms with E-state index in [2.05, 4.69) is 25.4 Å². The zero-order valence-electron chi connectivity index (χ0n) is 10.1. The van der Waals surface area contributed by atoms with Crippen molar-refractivity contribution in [3.8, 4) is 11.5 Å². The van der Waals surface area contributed by atoms with Crippen LogP contribution >= 0.6 is 0 Å². The van der Waals surface area contributed by atoms with E-state index in [9.17, 15) is 0 Å². The van der Waals surface area contributed by atoms with E-state index in [0.29, 0.717) is 22.9 Å². The van der Waals surface area contributed by atoms with Gasteiger partial charge in [-0.15, -0.1) is 0 Å². The molecule has 1 N–H and O–H groups in total. The van der Waals surface area contributed by atoms with Crippen LogP contribution < -0.4 is 5.32 Å². The van der Waals surface area contributed by atoms with Gasteiger partial charge in [-0.3, -0.25) is 0 Å². The molecule has 2 aromatic rings. The number of hydrogen-bond donors (Lipinski definition) is 1. The molecule has 1 spiro atoms. The van der Waals surface area contributed by atoms with Crippen molar-refractivity contribution in [3.05, 3.63) is 18.3 Å². The van der Waals surface area contributed by atoms with Crippen molar-refractivity contribution >= 4 is 5.82 Å². The Morgan fingerprint density at radius 2 is 2.28 bits per heavy atom. The normalized spacial score (nSPS) is 23.1. The van der Waals surface area contributed by atoms with Gasteiger partial charge in [0, 0.05) is 19.0 Å². The van der Waals surface area contributed by atoms with Crippen molar-refractivity contribution in [1.82, 2.24) is 20.1 Å². The van der Waals surface area contributed by atoms with Crippen LogP contribution in [0.5, 0.6) is 0 Å². The summed E-state index contributed by atoms with van der Waals surface area (Å²) in [7, 11) is 1.81. The Hall–Kier alpha value is -1.98. The summed E-state index contributed by atoms with van der Waals surface area (Å²) in [5, 5.41) is 6.98. The monoisotopic (exact) mass is 243 g/mol. The van der Waals surface area contributed by atoms with Crippen molar-refractivity contribution in [2.24, 2.45) is 5.41 Å². The lowest BCUT2D eigenvalue weighted by molar-refractivity contribution is 0.374. The van der Waals surface area contributed by atoms with Gasteiger partial charge in [0.2, 0.25) is 11.7 Å². The molecule has 2 aliphatic rings. The summed E-state index contributed by atoms with van der Waals surface area (Å²) in [6.07, 6.45) is 5.33. The number of hydrogen-bond acceptors (Lipinski definition) is 6. The van der Waals surface area contributed by atoms with Crippen LogP contribution in [0, 0.1) is 5.41 Å². The first-order valence-corrected chi connectivity index (χ1v) is 6.14. The largest absolute Gasteiger partial charge is 0.373 e. The molecule has 0 aromatic carbocycles. The lowest BCUT2D eigenvalue weighted by Gasteiger charge is -1.98. The molecular weight excluding hydrogens is 230 g/mol. The third kappa shape index (κ3) is 1.41. The summed E-state index contributed by atoms with van der Waals surface area (Å²) in [5.74, 6) is 2.56. The molecule has 1 atom stereocenters. The minimum atomic E-state index is 0.490. The van der Waals surface area contributed by atoms with E-state index in [4.69, 9.17) is 4.52 Å². The predicted octanol–water partition coefficient (Wildman–Crippen LogP) is 1.84. The van der Waals surface area contributed by atoms with E-state index in [1.54, 1.807) is 0 Å². The highest BCUT2D eigenvalue weighted by Gasteiger charge is 2.65. The first kappa shape index (κ1) is 9.99. The van der Waals surface area contributed by atoms with Crippen LogP contribution in [0.4, 0.5) is 5.82 Å². The van der Waals surface area contributed by atoms with Crippen LogP contribution in [0.15, 0.2) is 16.9 Å². The summed E-state index contributed by atoms with van der Waals surface area (Å²) in [6, 6.07) is 1.81. The van der Waals surface area contributed by atoms with Crippen LogP contribution in [0.25, 0.3) is 11.5 Å². The molecule has 6 nitrogen and oxygen atoms in total. The smallest absolute Gasteiger partial charge is 0.230 e. The fourth-order valence-electron chi connectivity index (χ4n) is 2.51. The molecule has 18 heavy (non-hydrogen) atoms. The van der Waals surface area contributed by atoms with E-state index in [0.717, 1.165) is 11.7 Å².